The summed E-state index contributed by atoms with van der Waals surface area (Å²) in [6.07, 6.45) is 5.00. The molecule has 0 radical (unpaired) electrons. The van der Waals surface area contributed by atoms with Gasteiger partial charge in [-0.05, 0) is 56.2 Å². The first-order valence-corrected chi connectivity index (χ1v) is 6.72. The minimum Gasteiger partial charge on any atom is -0.385 e. The molecule has 0 heterocycles. The second-order valence-corrected chi connectivity index (χ2v) is 5.49. The molecular formula is C15H24N2. The third kappa shape index (κ3) is 3.47. The van der Waals surface area contributed by atoms with Crippen molar-refractivity contribution in [1.82, 2.24) is 0 Å². The van der Waals surface area contributed by atoms with Crippen LogP contribution in [0.2, 0.25) is 0 Å². The zero-order valence-electron chi connectivity index (χ0n) is 11.0. The maximum atomic E-state index is 6.02. The normalized spacial score (nSPS) is 24.6. The Morgan fingerprint density at radius 1 is 1.29 bits per heavy atom. The molecule has 0 bridgehead atoms. The van der Waals surface area contributed by atoms with Crippen LogP contribution in [0.4, 0.5) is 5.69 Å². The number of benzene rings is 1. The van der Waals surface area contributed by atoms with E-state index in [4.69, 9.17) is 5.73 Å². The summed E-state index contributed by atoms with van der Waals surface area (Å²) in [7, 11) is 0. The van der Waals surface area contributed by atoms with Crippen LogP contribution in [0.15, 0.2) is 18.2 Å². The molecule has 94 valence electrons. The Hall–Kier alpha value is -1.02. The van der Waals surface area contributed by atoms with Crippen molar-refractivity contribution in [3.05, 3.63) is 29.3 Å². The van der Waals surface area contributed by atoms with Crippen LogP contribution in [0.5, 0.6) is 0 Å². The summed E-state index contributed by atoms with van der Waals surface area (Å²) < 4.78 is 0. The maximum Gasteiger partial charge on any atom is 0.0372 e. The van der Waals surface area contributed by atoms with Crippen molar-refractivity contribution in [2.45, 2.75) is 45.6 Å². The minimum atomic E-state index is 0.425. The molecule has 3 N–H and O–H groups in total. The Kier molecular flexibility index (Phi) is 4.06. The lowest BCUT2D eigenvalue weighted by molar-refractivity contribution is 0.335. The quantitative estimate of drug-likeness (QED) is 0.839. The average molecular weight is 232 g/mol. The Morgan fingerprint density at radius 3 is 2.88 bits per heavy atom. The van der Waals surface area contributed by atoms with Gasteiger partial charge in [0.05, 0.1) is 0 Å². The summed E-state index contributed by atoms with van der Waals surface area (Å²) in [6, 6.07) is 7.01. The van der Waals surface area contributed by atoms with Crippen LogP contribution < -0.4 is 11.1 Å². The van der Waals surface area contributed by atoms with E-state index in [9.17, 15) is 0 Å². The zero-order valence-corrected chi connectivity index (χ0v) is 11.0. The van der Waals surface area contributed by atoms with Gasteiger partial charge >= 0.3 is 0 Å². The van der Waals surface area contributed by atoms with Gasteiger partial charge in [-0.25, -0.2) is 0 Å². The van der Waals surface area contributed by atoms with Crippen LogP contribution >= 0.6 is 0 Å². The summed E-state index contributed by atoms with van der Waals surface area (Å²) in [5.41, 5.74) is 9.95. The molecular weight excluding hydrogens is 208 g/mol. The standard InChI is InChI=1S/C15H24N2/c1-11-6-7-12(2)15(8-11)17-10-13-4-3-5-14(16)9-13/h6-8,13-14,17H,3-5,9-10,16H2,1-2H3. The van der Waals surface area contributed by atoms with Gasteiger partial charge in [0.2, 0.25) is 0 Å². The van der Waals surface area contributed by atoms with Crippen LogP contribution in [0.1, 0.15) is 36.8 Å². The highest BCUT2D eigenvalue weighted by Gasteiger charge is 2.18. The topological polar surface area (TPSA) is 38.0 Å². The maximum absolute atomic E-state index is 6.02. The number of aryl methyl sites for hydroxylation is 2. The second-order valence-electron chi connectivity index (χ2n) is 5.49. The molecule has 2 heteroatoms. The minimum absolute atomic E-state index is 0.425. The number of hydrogen-bond acceptors (Lipinski definition) is 2. The lowest BCUT2D eigenvalue weighted by Crippen LogP contribution is -2.31. The number of nitrogens with two attached hydrogens (primary N) is 1. The van der Waals surface area contributed by atoms with Gasteiger partial charge in [0, 0.05) is 18.3 Å². The van der Waals surface area contributed by atoms with E-state index in [0.29, 0.717) is 6.04 Å². The molecule has 0 amide bonds. The van der Waals surface area contributed by atoms with Gasteiger partial charge in [0.1, 0.15) is 0 Å². The third-order valence-electron chi connectivity index (χ3n) is 3.80. The van der Waals surface area contributed by atoms with E-state index >= 15 is 0 Å². The third-order valence-corrected chi connectivity index (χ3v) is 3.80. The largest absolute Gasteiger partial charge is 0.385 e. The lowest BCUT2D eigenvalue weighted by Gasteiger charge is -2.27. The highest BCUT2D eigenvalue weighted by atomic mass is 14.9. The van der Waals surface area contributed by atoms with Crippen molar-refractivity contribution < 1.29 is 0 Å². The van der Waals surface area contributed by atoms with Crippen LogP contribution in [-0.2, 0) is 0 Å². The zero-order chi connectivity index (χ0) is 12.3. The van der Waals surface area contributed by atoms with Gasteiger partial charge in [0.25, 0.3) is 0 Å². The Labute approximate surface area is 105 Å². The molecule has 1 aromatic carbocycles. The van der Waals surface area contributed by atoms with Crippen molar-refractivity contribution in [2.24, 2.45) is 11.7 Å². The number of anilines is 1. The SMILES string of the molecule is Cc1ccc(C)c(NCC2CCCC(N)C2)c1. The van der Waals surface area contributed by atoms with E-state index in [1.54, 1.807) is 0 Å². The Morgan fingerprint density at radius 2 is 2.12 bits per heavy atom. The van der Waals surface area contributed by atoms with E-state index < -0.39 is 0 Å². The highest BCUT2D eigenvalue weighted by Crippen LogP contribution is 2.24. The van der Waals surface area contributed by atoms with Gasteiger partial charge < -0.3 is 11.1 Å². The van der Waals surface area contributed by atoms with Gasteiger partial charge in [-0.1, -0.05) is 18.6 Å². The van der Waals surface area contributed by atoms with Crippen LogP contribution in [0.3, 0.4) is 0 Å². The fraction of sp³-hybridized carbons (Fsp3) is 0.600. The van der Waals surface area contributed by atoms with Crippen molar-refractivity contribution in [1.29, 1.82) is 0 Å². The van der Waals surface area contributed by atoms with Gasteiger partial charge in [-0.15, -0.1) is 0 Å². The number of rotatable bonds is 3. The summed E-state index contributed by atoms with van der Waals surface area (Å²) in [5.74, 6) is 0.749. The molecule has 0 aliphatic heterocycles. The molecule has 0 spiro atoms. The molecule has 1 aromatic rings. The number of hydrogen-bond donors (Lipinski definition) is 2. The highest BCUT2D eigenvalue weighted by molar-refractivity contribution is 5.52. The fourth-order valence-corrected chi connectivity index (χ4v) is 2.70. The summed E-state index contributed by atoms with van der Waals surface area (Å²) in [4.78, 5) is 0. The van der Waals surface area contributed by atoms with E-state index in [2.05, 4.69) is 37.4 Å². The molecule has 2 unspecified atom stereocenters. The summed E-state index contributed by atoms with van der Waals surface area (Å²) in [6.45, 7) is 5.37. The smallest absolute Gasteiger partial charge is 0.0372 e. The summed E-state index contributed by atoms with van der Waals surface area (Å²) >= 11 is 0. The average Bonchev–Trinajstić information content (AvgIpc) is 2.30. The molecule has 0 aromatic heterocycles. The van der Waals surface area contributed by atoms with E-state index in [1.165, 1.54) is 42.5 Å². The Balaban J connectivity index is 1.90. The first-order chi connectivity index (χ1) is 8.15. The molecule has 1 aliphatic carbocycles. The molecule has 2 nitrogen and oxygen atoms in total. The lowest BCUT2D eigenvalue weighted by atomic mass is 9.86. The second kappa shape index (κ2) is 5.54. The van der Waals surface area contributed by atoms with Crippen LogP contribution in [-0.4, -0.2) is 12.6 Å². The van der Waals surface area contributed by atoms with Crippen molar-refractivity contribution in [2.75, 3.05) is 11.9 Å². The molecule has 0 saturated heterocycles. The van der Waals surface area contributed by atoms with E-state index in [1.807, 2.05) is 0 Å². The van der Waals surface area contributed by atoms with Gasteiger partial charge in [0.15, 0.2) is 0 Å². The van der Waals surface area contributed by atoms with Crippen LogP contribution in [0, 0.1) is 19.8 Å². The van der Waals surface area contributed by atoms with E-state index in [-0.39, 0.29) is 0 Å². The van der Waals surface area contributed by atoms with Gasteiger partial charge in [-0.3, -0.25) is 0 Å². The van der Waals surface area contributed by atoms with Crippen molar-refractivity contribution in [3.63, 3.8) is 0 Å². The molecule has 2 atom stereocenters. The van der Waals surface area contributed by atoms with Crippen molar-refractivity contribution in [3.8, 4) is 0 Å². The molecule has 17 heavy (non-hydrogen) atoms. The predicted octanol–water partition coefficient (Wildman–Crippen LogP) is 3.23. The molecule has 1 aliphatic rings. The summed E-state index contributed by atoms with van der Waals surface area (Å²) in [5, 5.41) is 3.59. The molecule has 2 rings (SSSR count). The first kappa shape index (κ1) is 12.4. The monoisotopic (exact) mass is 232 g/mol. The van der Waals surface area contributed by atoms with Crippen molar-refractivity contribution >= 4 is 5.69 Å². The number of nitrogens with one attached hydrogen (secondary N) is 1. The van der Waals surface area contributed by atoms with Gasteiger partial charge in [-0.2, -0.15) is 0 Å². The predicted molar refractivity (Wildman–Crippen MR) is 74.3 cm³/mol. The van der Waals surface area contributed by atoms with E-state index in [0.717, 1.165) is 12.5 Å². The fourth-order valence-electron chi connectivity index (χ4n) is 2.70. The molecule has 1 fully saturated rings. The van der Waals surface area contributed by atoms with Crippen LogP contribution in [0.25, 0.3) is 0 Å². The first-order valence-electron chi connectivity index (χ1n) is 6.72. The Bertz CT molecular complexity index is 373. The molecule has 1 saturated carbocycles.